The van der Waals surface area contributed by atoms with Crippen LogP contribution in [0.15, 0.2) is 0 Å². The van der Waals surface area contributed by atoms with Gasteiger partial charge in [0.05, 0.1) is 45.4 Å². The predicted molar refractivity (Wildman–Crippen MR) is 236 cm³/mol. The number of carbonyl (C=O) groups excluding carboxylic acids is 9. The minimum atomic E-state index is -0.810. The van der Waals surface area contributed by atoms with Crippen LogP contribution in [0.3, 0.4) is 0 Å². The molecule has 63 heavy (non-hydrogen) atoms. The third-order valence-electron chi connectivity index (χ3n) is 9.18. The maximum atomic E-state index is 13.0. The summed E-state index contributed by atoms with van der Waals surface area (Å²) in [4.78, 5) is 107. The first-order chi connectivity index (χ1) is 30.1. The molecule has 0 unspecified atom stereocenters. The Hall–Kier alpha value is -4.38. The van der Waals surface area contributed by atoms with E-state index >= 15 is 0 Å². The summed E-state index contributed by atoms with van der Waals surface area (Å²) in [6.45, 7) is 7.70. The number of nitrogens with one attached hydrogen (secondary N) is 6. The van der Waals surface area contributed by atoms with Crippen molar-refractivity contribution in [3.63, 3.8) is 0 Å². The molecule has 0 radical (unpaired) electrons. The van der Waals surface area contributed by atoms with E-state index in [4.69, 9.17) is 30.4 Å². The molecule has 3 atom stereocenters. The second-order valence-corrected chi connectivity index (χ2v) is 16.0. The van der Waals surface area contributed by atoms with Gasteiger partial charge in [0.15, 0.2) is 5.12 Å². The highest BCUT2D eigenvalue weighted by molar-refractivity contribution is 8.14. The van der Waals surface area contributed by atoms with Crippen molar-refractivity contribution in [2.45, 2.75) is 104 Å². The van der Waals surface area contributed by atoms with Crippen LogP contribution >= 0.6 is 11.8 Å². The molecule has 21 nitrogen and oxygen atoms in total. The molecule has 0 aliphatic rings. The summed E-state index contributed by atoms with van der Waals surface area (Å²) in [5.74, 6) is -2.91. The minimum absolute atomic E-state index is 0.0290. The molecule has 0 saturated carbocycles. The standard InChI is InChI=1S/C41H74N8O13S/c1-30(39(42)56)11-4-7-16-44-36(53)27-61-25-24-60-22-20-47-37(54)28-62-26-23-59-21-19-46-34(51)14-10-15-35(52)49-33(13-6-9-17-45-38(55)29-63-32(3)50)41(58)48-18-8-5-12-31(2)40(43)57/h30-31,33H,4-29H2,1-3H3,(H2,42,56)(H2,43,57)(H,44,53)(H,45,55)(H,46,51)(H,47,54)(H,48,58)(H,49,52)/t30-,31-,33+/m0/s1. The lowest BCUT2D eigenvalue weighted by Crippen LogP contribution is -2.47. The van der Waals surface area contributed by atoms with Crippen LogP contribution in [-0.2, 0) is 62.1 Å². The highest BCUT2D eigenvalue weighted by Gasteiger charge is 2.20. The summed E-state index contributed by atoms with van der Waals surface area (Å²) in [7, 11) is 0. The van der Waals surface area contributed by atoms with Crippen molar-refractivity contribution >= 4 is 64.1 Å². The Kier molecular flexibility index (Phi) is 36.5. The van der Waals surface area contributed by atoms with Gasteiger partial charge >= 0.3 is 0 Å². The summed E-state index contributed by atoms with van der Waals surface area (Å²) in [6.07, 6.45) is 5.95. The number of unbranched alkanes of at least 4 members (excludes halogenated alkanes) is 3. The molecule has 10 N–H and O–H groups in total. The second-order valence-electron chi connectivity index (χ2n) is 14.9. The van der Waals surface area contributed by atoms with Gasteiger partial charge in [0, 0.05) is 64.3 Å². The van der Waals surface area contributed by atoms with Crippen molar-refractivity contribution < 1.29 is 62.1 Å². The molecule has 0 heterocycles. The number of amides is 8. The maximum Gasteiger partial charge on any atom is 0.246 e. The average Bonchev–Trinajstić information content (AvgIpc) is 3.23. The van der Waals surface area contributed by atoms with Crippen LogP contribution in [0.5, 0.6) is 0 Å². The first-order valence-electron chi connectivity index (χ1n) is 21.8. The number of primary amides is 2. The molecule has 8 amide bonds. The fourth-order valence-electron chi connectivity index (χ4n) is 5.35. The Bertz CT molecular complexity index is 1380. The van der Waals surface area contributed by atoms with Crippen molar-refractivity contribution in [2.75, 3.05) is 91.3 Å². The largest absolute Gasteiger partial charge is 0.377 e. The Morgan fingerprint density at radius 2 is 0.905 bits per heavy atom. The van der Waals surface area contributed by atoms with E-state index < -0.39 is 6.04 Å². The molecule has 0 fully saturated rings. The van der Waals surface area contributed by atoms with Gasteiger partial charge in [-0.15, -0.1) is 0 Å². The molecule has 0 aromatic rings. The van der Waals surface area contributed by atoms with E-state index in [1.165, 1.54) is 6.92 Å². The molecule has 0 bridgehead atoms. The van der Waals surface area contributed by atoms with Crippen LogP contribution in [0, 0.1) is 11.8 Å². The Balaban J connectivity index is 4.08. The molecule has 0 aliphatic heterocycles. The molecule has 0 spiro atoms. The van der Waals surface area contributed by atoms with Crippen molar-refractivity contribution in [1.29, 1.82) is 0 Å². The van der Waals surface area contributed by atoms with Crippen molar-refractivity contribution in [3.05, 3.63) is 0 Å². The zero-order chi connectivity index (χ0) is 47.1. The fraction of sp³-hybridized carbons (Fsp3) is 0.780. The first kappa shape index (κ1) is 58.6. The van der Waals surface area contributed by atoms with Gasteiger partial charge in [-0.3, -0.25) is 43.2 Å². The number of carbonyl (C=O) groups is 9. The molecule has 0 aromatic heterocycles. The lowest BCUT2D eigenvalue weighted by molar-refractivity contribution is -0.129. The van der Waals surface area contributed by atoms with Gasteiger partial charge in [-0.25, -0.2) is 0 Å². The van der Waals surface area contributed by atoms with Crippen LogP contribution in [0.4, 0.5) is 0 Å². The van der Waals surface area contributed by atoms with Crippen molar-refractivity contribution in [1.82, 2.24) is 31.9 Å². The second kappa shape index (κ2) is 39.2. The van der Waals surface area contributed by atoms with E-state index in [9.17, 15) is 43.2 Å². The number of hydrogen-bond donors (Lipinski definition) is 8. The van der Waals surface area contributed by atoms with Crippen molar-refractivity contribution in [2.24, 2.45) is 23.3 Å². The lowest BCUT2D eigenvalue weighted by atomic mass is 10.0. The molecule has 0 rings (SSSR count). The molecule has 0 aromatic carbocycles. The van der Waals surface area contributed by atoms with Crippen LogP contribution in [0.2, 0.25) is 0 Å². The molecule has 362 valence electrons. The zero-order valence-corrected chi connectivity index (χ0v) is 38.3. The van der Waals surface area contributed by atoms with Gasteiger partial charge in [0.2, 0.25) is 47.3 Å². The van der Waals surface area contributed by atoms with E-state index in [-0.39, 0.29) is 155 Å². The van der Waals surface area contributed by atoms with Gasteiger partial charge < -0.3 is 62.3 Å². The Morgan fingerprint density at radius 3 is 1.41 bits per heavy atom. The predicted octanol–water partition coefficient (Wildman–Crippen LogP) is -0.678. The van der Waals surface area contributed by atoms with Crippen LogP contribution in [0.1, 0.15) is 97.8 Å². The number of nitrogens with two attached hydrogens (primary N) is 2. The van der Waals surface area contributed by atoms with Gasteiger partial charge in [0.1, 0.15) is 19.3 Å². The average molecular weight is 919 g/mol. The molecule has 0 aliphatic carbocycles. The smallest absolute Gasteiger partial charge is 0.246 e. The zero-order valence-electron chi connectivity index (χ0n) is 37.5. The molecular formula is C41H74N8O13S. The van der Waals surface area contributed by atoms with Gasteiger partial charge in [-0.05, 0) is 51.4 Å². The van der Waals surface area contributed by atoms with Crippen LogP contribution in [-0.4, -0.2) is 150 Å². The summed E-state index contributed by atoms with van der Waals surface area (Å²) in [5, 5.41) is 16.3. The Labute approximate surface area is 375 Å². The fourth-order valence-corrected chi connectivity index (χ4v) is 5.78. The lowest BCUT2D eigenvalue weighted by Gasteiger charge is -2.19. The quantitative estimate of drug-likeness (QED) is 0.0353. The molecule has 22 heteroatoms. The SMILES string of the molecule is CC(=O)SCC(=O)NCCCC[C@@H](NC(=O)CCCC(=O)NCCOCCOCC(=O)NCCOCCOCC(=O)NCCCC[C@H](C)C(N)=O)C(=O)NCCCC[C@H](C)C(N)=O. The van der Waals surface area contributed by atoms with Gasteiger partial charge in [0.25, 0.3) is 0 Å². The summed E-state index contributed by atoms with van der Waals surface area (Å²) in [5.41, 5.74) is 10.5. The van der Waals surface area contributed by atoms with Crippen LogP contribution in [0.25, 0.3) is 0 Å². The Morgan fingerprint density at radius 1 is 0.476 bits per heavy atom. The normalized spacial score (nSPS) is 12.3. The third-order valence-corrected chi connectivity index (χ3v) is 9.99. The highest BCUT2D eigenvalue weighted by atomic mass is 32.2. The maximum absolute atomic E-state index is 13.0. The number of thioether (sulfide) groups is 1. The molecular weight excluding hydrogens is 845 g/mol. The monoisotopic (exact) mass is 919 g/mol. The van der Waals surface area contributed by atoms with E-state index in [0.29, 0.717) is 64.6 Å². The van der Waals surface area contributed by atoms with Crippen LogP contribution < -0.4 is 43.4 Å². The minimum Gasteiger partial charge on any atom is -0.377 e. The topological polar surface area (TPSA) is 315 Å². The summed E-state index contributed by atoms with van der Waals surface area (Å²) in [6, 6.07) is -0.810. The van der Waals surface area contributed by atoms with E-state index in [2.05, 4.69) is 31.9 Å². The van der Waals surface area contributed by atoms with E-state index in [1.807, 2.05) is 0 Å². The van der Waals surface area contributed by atoms with E-state index in [0.717, 1.165) is 24.6 Å². The van der Waals surface area contributed by atoms with E-state index in [1.54, 1.807) is 13.8 Å². The first-order valence-corrected chi connectivity index (χ1v) is 22.8. The van der Waals surface area contributed by atoms with Gasteiger partial charge in [-0.2, -0.15) is 0 Å². The van der Waals surface area contributed by atoms with Gasteiger partial charge in [-0.1, -0.05) is 38.5 Å². The number of hydrogen-bond acceptors (Lipinski definition) is 14. The summed E-state index contributed by atoms with van der Waals surface area (Å²) >= 11 is 0.921. The molecule has 0 saturated heterocycles. The summed E-state index contributed by atoms with van der Waals surface area (Å²) < 4.78 is 21.4. The third kappa shape index (κ3) is 37.9. The highest BCUT2D eigenvalue weighted by Crippen LogP contribution is 2.08. The van der Waals surface area contributed by atoms with Crippen molar-refractivity contribution in [3.8, 4) is 0 Å². The number of ether oxygens (including phenoxy) is 4. The number of rotatable bonds is 41.